The third-order valence-corrected chi connectivity index (χ3v) is 2.93. The number of amides is 1. The molecule has 0 saturated carbocycles. The van der Waals surface area contributed by atoms with Crippen molar-refractivity contribution in [2.75, 3.05) is 19.6 Å². The fourth-order valence-electron chi connectivity index (χ4n) is 2.13. The molecule has 0 aliphatic carbocycles. The average molecular weight is 222 g/mol. The number of nitrogens with one attached hydrogen (secondary N) is 1. The van der Waals surface area contributed by atoms with Crippen LogP contribution in [0, 0.1) is 13.8 Å². The van der Waals surface area contributed by atoms with E-state index < -0.39 is 0 Å². The molecule has 0 aromatic carbocycles. The lowest BCUT2D eigenvalue weighted by molar-refractivity contribution is 0.0707. The molecule has 1 aromatic heterocycles. The van der Waals surface area contributed by atoms with Crippen LogP contribution >= 0.6 is 0 Å². The van der Waals surface area contributed by atoms with Crippen LogP contribution in [0.5, 0.6) is 0 Å². The van der Waals surface area contributed by atoms with Crippen LogP contribution in [-0.2, 0) is 0 Å². The van der Waals surface area contributed by atoms with E-state index in [0.717, 1.165) is 25.4 Å². The van der Waals surface area contributed by atoms with Gasteiger partial charge in [0, 0.05) is 25.7 Å². The molecule has 4 heteroatoms. The van der Waals surface area contributed by atoms with Gasteiger partial charge in [-0.25, -0.2) is 0 Å². The minimum absolute atomic E-state index is 0.0858. The van der Waals surface area contributed by atoms with Crippen molar-refractivity contribution in [1.82, 2.24) is 10.2 Å². The first kappa shape index (κ1) is 11.2. The van der Waals surface area contributed by atoms with E-state index in [1.165, 1.54) is 0 Å². The van der Waals surface area contributed by atoms with Crippen molar-refractivity contribution in [2.24, 2.45) is 0 Å². The van der Waals surface area contributed by atoms with E-state index in [2.05, 4.69) is 12.2 Å². The Morgan fingerprint density at radius 1 is 1.56 bits per heavy atom. The van der Waals surface area contributed by atoms with E-state index in [1.54, 1.807) is 0 Å². The van der Waals surface area contributed by atoms with Crippen molar-refractivity contribution in [3.05, 3.63) is 23.2 Å². The Bertz CT molecular complexity index is 398. The van der Waals surface area contributed by atoms with Crippen molar-refractivity contribution in [3.8, 4) is 0 Å². The number of piperazine rings is 1. The Balaban J connectivity index is 2.15. The van der Waals surface area contributed by atoms with E-state index in [1.807, 2.05) is 24.8 Å². The highest BCUT2D eigenvalue weighted by molar-refractivity contribution is 5.95. The number of hydrogen-bond donors (Lipinski definition) is 1. The zero-order valence-corrected chi connectivity index (χ0v) is 10.0. The number of hydrogen-bond acceptors (Lipinski definition) is 3. The molecule has 1 atom stereocenters. The van der Waals surface area contributed by atoms with Crippen LogP contribution in [-0.4, -0.2) is 36.5 Å². The number of furan rings is 1. The molecule has 1 aliphatic heterocycles. The second kappa shape index (κ2) is 4.29. The van der Waals surface area contributed by atoms with Crippen LogP contribution in [0.4, 0.5) is 0 Å². The summed E-state index contributed by atoms with van der Waals surface area (Å²) < 4.78 is 5.39. The zero-order chi connectivity index (χ0) is 11.7. The van der Waals surface area contributed by atoms with Crippen LogP contribution < -0.4 is 5.32 Å². The van der Waals surface area contributed by atoms with Crippen LogP contribution in [0.1, 0.15) is 28.8 Å². The molecule has 1 aliphatic rings. The lowest BCUT2D eigenvalue weighted by Gasteiger charge is -2.31. The first-order chi connectivity index (χ1) is 7.58. The summed E-state index contributed by atoms with van der Waals surface area (Å²) in [5.41, 5.74) is 0.701. The molecule has 0 spiro atoms. The maximum Gasteiger partial charge on any atom is 0.257 e. The van der Waals surface area contributed by atoms with Crippen molar-refractivity contribution >= 4 is 5.91 Å². The molecule has 1 saturated heterocycles. The van der Waals surface area contributed by atoms with E-state index >= 15 is 0 Å². The van der Waals surface area contributed by atoms with Crippen molar-refractivity contribution in [2.45, 2.75) is 26.8 Å². The third kappa shape index (κ3) is 2.11. The maximum absolute atomic E-state index is 12.2. The first-order valence-corrected chi connectivity index (χ1v) is 5.67. The average Bonchev–Trinajstić information content (AvgIpc) is 2.57. The van der Waals surface area contributed by atoms with Crippen LogP contribution in [0.25, 0.3) is 0 Å². The predicted molar refractivity (Wildman–Crippen MR) is 61.6 cm³/mol. The summed E-state index contributed by atoms with van der Waals surface area (Å²) in [5.74, 6) is 1.60. The molecule has 0 radical (unpaired) electrons. The summed E-state index contributed by atoms with van der Waals surface area (Å²) in [6.07, 6.45) is 0. The second-order valence-electron chi connectivity index (χ2n) is 4.43. The smallest absolute Gasteiger partial charge is 0.257 e. The van der Waals surface area contributed by atoms with Gasteiger partial charge in [-0.3, -0.25) is 4.79 Å². The monoisotopic (exact) mass is 222 g/mol. The third-order valence-electron chi connectivity index (χ3n) is 2.93. The minimum Gasteiger partial charge on any atom is -0.466 e. The molecule has 1 N–H and O–H groups in total. The number of nitrogens with zero attached hydrogens (tertiary/aromatic N) is 1. The summed E-state index contributed by atoms with van der Waals surface area (Å²) in [4.78, 5) is 14.1. The molecule has 0 bridgehead atoms. The van der Waals surface area contributed by atoms with Gasteiger partial charge < -0.3 is 14.6 Å². The lowest BCUT2D eigenvalue weighted by Crippen LogP contribution is -2.51. The number of carbonyl (C=O) groups is 1. The number of rotatable bonds is 1. The highest BCUT2D eigenvalue weighted by Gasteiger charge is 2.24. The summed E-state index contributed by atoms with van der Waals surface area (Å²) in [7, 11) is 0. The van der Waals surface area contributed by atoms with Crippen LogP contribution in [0.3, 0.4) is 0 Å². The Labute approximate surface area is 95.6 Å². The molecule has 2 rings (SSSR count). The van der Waals surface area contributed by atoms with Gasteiger partial charge in [0.25, 0.3) is 5.91 Å². The molecule has 1 fully saturated rings. The van der Waals surface area contributed by atoms with Crippen molar-refractivity contribution in [3.63, 3.8) is 0 Å². The van der Waals surface area contributed by atoms with Gasteiger partial charge in [0.15, 0.2) is 0 Å². The molecule has 16 heavy (non-hydrogen) atoms. The predicted octanol–water partition coefficient (Wildman–Crippen LogP) is 1.33. The fraction of sp³-hybridized carbons (Fsp3) is 0.583. The Kier molecular flexibility index (Phi) is 3.01. The van der Waals surface area contributed by atoms with Gasteiger partial charge >= 0.3 is 0 Å². The van der Waals surface area contributed by atoms with Crippen molar-refractivity contribution in [1.29, 1.82) is 0 Å². The Morgan fingerprint density at radius 2 is 2.31 bits per heavy atom. The van der Waals surface area contributed by atoms with Gasteiger partial charge in [-0.15, -0.1) is 0 Å². The normalized spacial score (nSPS) is 21.2. The summed E-state index contributed by atoms with van der Waals surface area (Å²) in [5, 5.41) is 3.32. The summed E-state index contributed by atoms with van der Waals surface area (Å²) in [6.45, 7) is 8.20. The first-order valence-electron chi connectivity index (χ1n) is 5.67. The standard InChI is InChI=1S/C12H18N2O2/c1-8-7-14(5-4-13-8)12(15)11-6-9(2)16-10(11)3/h6,8,13H,4-5,7H2,1-3H3. The lowest BCUT2D eigenvalue weighted by atomic mass is 10.1. The number of aryl methyl sites for hydroxylation is 2. The Morgan fingerprint density at radius 3 is 2.88 bits per heavy atom. The van der Waals surface area contributed by atoms with E-state index in [-0.39, 0.29) is 5.91 Å². The molecule has 4 nitrogen and oxygen atoms in total. The molecule has 88 valence electrons. The zero-order valence-electron chi connectivity index (χ0n) is 10.0. The SMILES string of the molecule is Cc1cc(C(=O)N2CCNC(C)C2)c(C)o1. The molecular formula is C12H18N2O2. The summed E-state index contributed by atoms with van der Waals surface area (Å²) >= 11 is 0. The molecule has 1 unspecified atom stereocenters. The quantitative estimate of drug-likeness (QED) is 0.779. The topological polar surface area (TPSA) is 45.5 Å². The molecule has 1 aromatic rings. The minimum atomic E-state index is 0.0858. The van der Waals surface area contributed by atoms with Gasteiger partial charge in [-0.05, 0) is 26.8 Å². The number of carbonyl (C=O) groups excluding carboxylic acids is 1. The van der Waals surface area contributed by atoms with Gasteiger partial charge in [-0.1, -0.05) is 0 Å². The summed E-state index contributed by atoms with van der Waals surface area (Å²) in [6, 6.07) is 2.19. The van der Waals surface area contributed by atoms with Gasteiger partial charge in [0.05, 0.1) is 5.56 Å². The van der Waals surface area contributed by atoms with Crippen LogP contribution in [0.15, 0.2) is 10.5 Å². The fourth-order valence-corrected chi connectivity index (χ4v) is 2.13. The van der Waals surface area contributed by atoms with Gasteiger partial charge in [0.1, 0.15) is 11.5 Å². The highest BCUT2D eigenvalue weighted by Crippen LogP contribution is 2.16. The van der Waals surface area contributed by atoms with Crippen LogP contribution in [0.2, 0.25) is 0 Å². The maximum atomic E-state index is 12.2. The highest BCUT2D eigenvalue weighted by atomic mass is 16.3. The van der Waals surface area contributed by atoms with E-state index in [9.17, 15) is 4.79 Å². The molecular weight excluding hydrogens is 204 g/mol. The second-order valence-corrected chi connectivity index (χ2v) is 4.43. The van der Waals surface area contributed by atoms with E-state index in [4.69, 9.17) is 4.42 Å². The Hall–Kier alpha value is -1.29. The molecule has 1 amide bonds. The van der Waals surface area contributed by atoms with Gasteiger partial charge in [-0.2, -0.15) is 0 Å². The van der Waals surface area contributed by atoms with E-state index in [0.29, 0.717) is 17.4 Å². The molecule has 2 heterocycles. The largest absolute Gasteiger partial charge is 0.466 e. The van der Waals surface area contributed by atoms with Crippen molar-refractivity contribution < 1.29 is 9.21 Å². The van der Waals surface area contributed by atoms with Gasteiger partial charge in [0.2, 0.25) is 0 Å².